The molecule has 0 aromatic carbocycles. The number of carboxylic acids is 1. The summed E-state index contributed by atoms with van der Waals surface area (Å²) in [5.41, 5.74) is 0. The Bertz CT molecular complexity index is 289. The molecule has 0 aromatic heterocycles. The molecule has 6 heteroatoms. The fourth-order valence-corrected chi connectivity index (χ4v) is 1.01. The summed E-state index contributed by atoms with van der Waals surface area (Å²) in [7, 11) is 0. The summed E-state index contributed by atoms with van der Waals surface area (Å²) in [4.78, 5) is 32.4. The summed E-state index contributed by atoms with van der Waals surface area (Å²) in [6.07, 6.45) is 1.65. The largest absolute Gasteiger partial charge is 0.480 e. The van der Waals surface area contributed by atoms with Gasteiger partial charge in [-0.1, -0.05) is 6.08 Å². The summed E-state index contributed by atoms with van der Waals surface area (Å²) in [5, 5.41) is 13.5. The van der Waals surface area contributed by atoms with Crippen molar-refractivity contribution in [2.75, 3.05) is 6.54 Å². The van der Waals surface area contributed by atoms with Gasteiger partial charge in [0.15, 0.2) is 0 Å². The first kappa shape index (κ1) is 14.2. The average Bonchev–Trinajstić information content (AvgIpc) is 2.16. The Morgan fingerprint density at radius 1 is 1.44 bits per heavy atom. The van der Waals surface area contributed by atoms with Crippen molar-refractivity contribution in [1.29, 1.82) is 0 Å². The highest BCUT2D eigenvalue weighted by atomic mass is 16.4. The van der Waals surface area contributed by atoms with Crippen LogP contribution in [-0.4, -0.2) is 35.5 Å². The minimum atomic E-state index is -1.10. The van der Waals surface area contributed by atoms with E-state index in [-0.39, 0.29) is 25.3 Å². The van der Waals surface area contributed by atoms with Crippen molar-refractivity contribution < 1.29 is 19.5 Å². The van der Waals surface area contributed by atoms with Crippen LogP contribution in [0.3, 0.4) is 0 Å². The molecule has 0 heterocycles. The van der Waals surface area contributed by atoms with E-state index < -0.39 is 17.9 Å². The van der Waals surface area contributed by atoms with Crippen molar-refractivity contribution in [3.8, 4) is 0 Å². The molecule has 16 heavy (non-hydrogen) atoms. The second-order valence-electron chi connectivity index (χ2n) is 3.22. The third-order valence-electron chi connectivity index (χ3n) is 1.76. The molecular formula is C10H16N2O4. The van der Waals surface area contributed by atoms with E-state index in [2.05, 4.69) is 17.2 Å². The van der Waals surface area contributed by atoms with Gasteiger partial charge in [0, 0.05) is 19.9 Å². The van der Waals surface area contributed by atoms with Gasteiger partial charge in [0.25, 0.3) is 0 Å². The number of hydrogen-bond acceptors (Lipinski definition) is 3. The number of carboxylic acid groups (broad SMARTS) is 1. The quantitative estimate of drug-likeness (QED) is 0.519. The molecule has 6 nitrogen and oxygen atoms in total. The molecule has 0 aliphatic carbocycles. The van der Waals surface area contributed by atoms with Crippen LogP contribution < -0.4 is 10.6 Å². The van der Waals surface area contributed by atoms with Crippen LogP contribution in [0.25, 0.3) is 0 Å². The molecule has 0 aliphatic rings. The number of nitrogens with one attached hydrogen (secondary N) is 2. The van der Waals surface area contributed by atoms with Crippen molar-refractivity contribution in [1.82, 2.24) is 10.6 Å². The van der Waals surface area contributed by atoms with Crippen molar-refractivity contribution in [3.05, 3.63) is 12.7 Å². The molecule has 2 amide bonds. The van der Waals surface area contributed by atoms with Crippen LogP contribution in [0.2, 0.25) is 0 Å². The highest BCUT2D eigenvalue weighted by molar-refractivity contribution is 5.84. The van der Waals surface area contributed by atoms with E-state index in [1.165, 1.54) is 13.0 Å². The Labute approximate surface area is 93.7 Å². The van der Waals surface area contributed by atoms with Gasteiger partial charge in [0.1, 0.15) is 6.04 Å². The normalized spacial score (nSPS) is 11.3. The molecule has 0 rings (SSSR count). The predicted molar refractivity (Wildman–Crippen MR) is 57.7 cm³/mol. The first-order valence-electron chi connectivity index (χ1n) is 4.85. The highest BCUT2D eigenvalue weighted by Gasteiger charge is 2.17. The van der Waals surface area contributed by atoms with E-state index in [1.807, 2.05) is 0 Å². The summed E-state index contributed by atoms with van der Waals surface area (Å²) >= 11 is 0. The molecule has 1 atom stereocenters. The molecule has 0 radical (unpaired) electrons. The van der Waals surface area contributed by atoms with Gasteiger partial charge in [-0.05, 0) is 6.42 Å². The second-order valence-corrected chi connectivity index (χ2v) is 3.22. The molecule has 0 aromatic rings. The average molecular weight is 228 g/mol. The molecule has 1 unspecified atom stereocenters. The number of amides is 2. The Hall–Kier alpha value is -1.85. The van der Waals surface area contributed by atoms with Crippen molar-refractivity contribution in [3.63, 3.8) is 0 Å². The second kappa shape index (κ2) is 7.44. The van der Waals surface area contributed by atoms with Crippen LogP contribution in [-0.2, 0) is 14.4 Å². The Balaban J connectivity index is 3.95. The zero-order valence-electron chi connectivity index (χ0n) is 9.16. The number of carbonyl (C=O) groups excluding carboxylic acids is 2. The van der Waals surface area contributed by atoms with Crippen LogP contribution in [0.1, 0.15) is 19.8 Å². The van der Waals surface area contributed by atoms with Gasteiger partial charge in [-0.25, -0.2) is 4.79 Å². The first-order chi connectivity index (χ1) is 7.47. The van der Waals surface area contributed by atoms with Crippen molar-refractivity contribution >= 4 is 17.8 Å². The van der Waals surface area contributed by atoms with Crippen LogP contribution in [0.5, 0.6) is 0 Å². The molecule has 0 bridgehead atoms. The third-order valence-corrected chi connectivity index (χ3v) is 1.76. The van der Waals surface area contributed by atoms with Crippen LogP contribution >= 0.6 is 0 Å². The summed E-state index contributed by atoms with van der Waals surface area (Å²) in [6.45, 7) is 4.94. The molecule has 0 spiro atoms. The fraction of sp³-hybridized carbons (Fsp3) is 0.500. The van der Waals surface area contributed by atoms with Gasteiger partial charge < -0.3 is 15.7 Å². The van der Waals surface area contributed by atoms with E-state index >= 15 is 0 Å². The monoisotopic (exact) mass is 228 g/mol. The number of carbonyl (C=O) groups is 3. The molecule has 3 N–H and O–H groups in total. The minimum Gasteiger partial charge on any atom is -0.480 e. The maximum atomic E-state index is 11.3. The lowest BCUT2D eigenvalue weighted by Crippen LogP contribution is -2.41. The molecule has 0 fully saturated rings. The number of rotatable bonds is 7. The Morgan fingerprint density at radius 3 is 2.50 bits per heavy atom. The van der Waals surface area contributed by atoms with Crippen LogP contribution in [0, 0.1) is 0 Å². The van der Waals surface area contributed by atoms with E-state index in [0.29, 0.717) is 0 Å². The highest BCUT2D eigenvalue weighted by Crippen LogP contribution is 1.94. The lowest BCUT2D eigenvalue weighted by atomic mass is 10.2. The summed E-state index contributed by atoms with van der Waals surface area (Å²) in [6, 6.07) is -0.956. The maximum Gasteiger partial charge on any atom is 0.326 e. The van der Waals surface area contributed by atoms with Crippen LogP contribution in [0.4, 0.5) is 0 Å². The van der Waals surface area contributed by atoms with E-state index in [4.69, 9.17) is 5.11 Å². The predicted octanol–water partition coefficient (Wildman–Crippen LogP) is -0.342. The molecule has 0 saturated carbocycles. The standard InChI is InChI=1S/C10H16N2O4/c1-3-4-8(10(15)16)12-9(14)5-6-11-7(2)13/h3,8H,1,4-6H2,2H3,(H,11,13)(H,12,14)(H,15,16). The van der Waals surface area contributed by atoms with Gasteiger partial charge in [-0.3, -0.25) is 9.59 Å². The van der Waals surface area contributed by atoms with E-state index in [0.717, 1.165) is 0 Å². The Kier molecular flexibility index (Phi) is 6.58. The van der Waals surface area contributed by atoms with Crippen molar-refractivity contribution in [2.24, 2.45) is 0 Å². The number of aliphatic carboxylic acids is 1. The van der Waals surface area contributed by atoms with Gasteiger partial charge in [0.2, 0.25) is 11.8 Å². The molecule has 90 valence electrons. The zero-order chi connectivity index (χ0) is 12.6. The van der Waals surface area contributed by atoms with Gasteiger partial charge in [-0.15, -0.1) is 6.58 Å². The van der Waals surface area contributed by atoms with Gasteiger partial charge in [-0.2, -0.15) is 0 Å². The topological polar surface area (TPSA) is 95.5 Å². The number of hydrogen-bond donors (Lipinski definition) is 3. The molecular weight excluding hydrogens is 212 g/mol. The molecule has 0 saturated heterocycles. The zero-order valence-corrected chi connectivity index (χ0v) is 9.16. The van der Waals surface area contributed by atoms with Gasteiger partial charge >= 0.3 is 5.97 Å². The Morgan fingerprint density at radius 2 is 2.06 bits per heavy atom. The van der Waals surface area contributed by atoms with E-state index in [9.17, 15) is 14.4 Å². The molecule has 0 aliphatic heterocycles. The summed E-state index contributed by atoms with van der Waals surface area (Å²) in [5.74, 6) is -1.75. The minimum absolute atomic E-state index is 0.0561. The smallest absolute Gasteiger partial charge is 0.326 e. The van der Waals surface area contributed by atoms with Crippen LogP contribution in [0.15, 0.2) is 12.7 Å². The SMILES string of the molecule is C=CCC(NC(=O)CCNC(C)=O)C(=O)O. The lowest BCUT2D eigenvalue weighted by Gasteiger charge is -2.12. The fourth-order valence-electron chi connectivity index (χ4n) is 1.01. The lowest BCUT2D eigenvalue weighted by molar-refractivity contribution is -0.141. The van der Waals surface area contributed by atoms with Crippen molar-refractivity contribution in [2.45, 2.75) is 25.8 Å². The van der Waals surface area contributed by atoms with Gasteiger partial charge in [0.05, 0.1) is 0 Å². The maximum absolute atomic E-state index is 11.3. The first-order valence-corrected chi connectivity index (χ1v) is 4.85. The summed E-state index contributed by atoms with van der Waals surface area (Å²) < 4.78 is 0. The third kappa shape index (κ3) is 6.58. The van der Waals surface area contributed by atoms with E-state index in [1.54, 1.807) is 0 Å².